The van der Waals surface area contributed by atoms with E-state index in [2.05, 4.69) is 10.6 Å². The maximum absolute atomic E-state index is 13.6. The van der Waals surface area contributed by atoms with Crippen LogP contribution < -0.4 is 10.6 Å². The maximum atomic E-state index is 13.6. The van der Waals surface area contributed by atoms with Crippen LogP contribution >= 0.6 is 35.0 Å². The Balaban J connectivity index is 0.00000162. The number of nitrogens with one attached hydrogen (secondary N) is 2. The van der Waals surface area contributed by atoms with Crippen molar-refractivity contribution < 1.29 is 9.18 Å². The summed E-state index contributed by atoms with van der Waals surface area (Å²) in [4.78, 5) is 12.0. The van der Waals surface area contributed by atoms with Crippen LogP contribution in [-0.4, -0.2) is 25.0 Å². The largest absolute Gasteiger partial charge is 0.348 e. The topological polar surface area (TPSA) is 41.1 Å². The lowest BCUT2D eigenvalue weighted by molar-refractivity contribution is 0.0925. The lowest BCUT2D eigenvalue weighted by atomic mass is 10.1. The van der Waals surface area contributed by atoms with E-state index in [4.69, 9.17) is 0 Å². The van der Waals surface area contributed by atoms with Gasteiger partial charge in [-0.2, -0.15) is 0 Å². The minimum Gasteiger partial charge on any atom is -0.348 e. The highest BCUT2D eigenvalue weighted by molar-refractivity contribution is 14.1. The summed E-state index contributed by atoms with van der Waals surface area (Å²) in [7, 11) is 0. The Hall–Kier alpha value is -0.400. The van der Waals surface area contributed by atoms with Gasteiger partial charge in [0, 0.05) is 16.2 Å². The monoisotopic (exact) mass is 384 g/mol. The van der Waals surface area contributed by atoms with Gasteiger partial charge >= 0.3 is 0 Å². The molecule has 0 aromatic heterocycles. The van der Waals surface area contributed by atoms with Gasteiger partial charge in [0.2, 0.25) is 0 Å². The highest BCUT2D eigenvalue weighted by atomic mass is 127. The summed E-state index contributed by atoms with van der Waals surface area (Å²) in [6.45, 7) is 1.75. The minimum atomic E-state index is -0.460. The van der Waals surface area contributed by atoms with E-state index in [1.165, 1.54) is 6.07 Å². The van der Waals surface area contributed by atoms with Gasteiger partial charge in [-0.25, -0.2) is 4.39 Å². The lowest BCUT2D eigenvalue weighted by Crippen LogP contribution is -2.45. The molecule has 2 rings (SSSR count). The van der Waals surface area contributed by atoms with E-state index in [1.807, 2.05) is 22.6 Å². The second-order valence-corrected chi connectivity index (χ2v) is 5.28. The number of benzene rings is 1. The van der Waals surface area contributed by atoms with Crippen molar-refractivity contribution in [1.82, 2.24) is 10.6 Å². The van der Waals surface area contributed by atoms with Crippen LogP contribution in [0.1, 0.15) is 23.2 Å². The maximum Gasteiger partial charge on any atom is 0.255 e. The molecule has 1 unspecified atom stereocenters. The van der Waals surface area contributed by atoms with E-state index >= 15 is 0 Å². The molecule has 1 aliphatic rings. The fraction of sp³-hybridized carbons (Fsp3) is 0.417. The first-order valence-corrected chi connectivity index (χ1v) is 6.72. The van der Waals surface area contributed by atoms with E-state index in [9.17, 15) is 9.18 Å². The SMILES string of the molecule is Cl.O=C(NC1CCCNC1)c1c(F)cccc1I. The summed E-state index contributed by atoms with van der Waals surface area (Å²) < 4.78 is 14.2. The Morgan fingerprint density at radius 3 is 2.89 bits per heavy atom. The third kappa shape index (κ3) is 3.80. The van der Waals surface area contributed by atoms with Crippen LogP contribution in [0.3, 0.4) is 0 Å². The molecule has 0 aliphatic carbocycles. The number of hydrogen-bond acceptors (Lipinski definition) is 2. The molecule has 1 aromatic carbocycles. The number of halogens is 3. The van der Waals surface area contributed by atoms with Crippen LogP contribution in [0.5, 0.6) is 0 Å². The lowest BCUT2D eigenvalue weighted by Gasteiger charge is -2.24. The summed E-state index contributed by atoms with van der Waals surface area (Å²) in [6, 6.07) is 4.76. The second-order valence-electron chi connectivity index (χ2n) is 4.11. The summed E-state index contributed by atoms with van der Waals surface area (Å²) in [6.07, 6.45) is 1.99. The Labute approximate surface area is 125 Å². The Bertz CT molecular complexity index is 404. The molecule has 3 nitrogen and oxygen atoms in total. The van der Waals surface area contributed by atoms with Gasteiger partial charge in [-0.1, -0.05) is 6.07 Å². The van der Waals surface area contributed by atoms with Gasteiger partial charge < -0.3 is 10.6 Å². The fourth-order valence-electron chi connectivity index (χ4n) is 1.95. The van der Waals surface area contributed by atoms with Crippen molar-refractivity contribution in [3.63, 3.8) is 0 Å². The van der Waals surface area contributed by atoms with Crippen molar-refractivity contribution in [3.8, 4) is 0 Å². The van der Waals surface area contributed by atoms with Crippen molar-refractivity contribution in [3.05, 3.63) is 33.1 Å². The molecule has 6 heteroatoms. The van der Waals surface area contributed by atoms with E-state index in [0.29, 0.717) is 3.57 Å². The normalized spacial score (nSPS) is 18.9. The van der Waals surface area contributed by atoms with E-state index in [1.54, 1.807) is 12.1 Å². The van der Waals surface area contributed by atoms with Crippen LogP contribution in [0.15, 0.2) is 18.2 Å². The van der Waals surface area contributed by atoms with E-state index in [0.717, 1.165) is 25.9 Å². The first-order chi connectivity index (χ1) is 8.18. The molecule has 1 aromatic rings. The van der Waals surface area contributed by atoms with Crippen LogP contribution in [0.25, 0.3) is 0 Å². The van der Waals surface area contributed by atoms with Crippen LogP contribution in [0.2, 0.25) is 0 Å². The molecule has 0 radical (unpaired) electrons. The summed E-state index contributed by atoms with van der Waals surface area (Å²) >= 11 is 1.98. The van der Waals surface area contributed by atoms with Crippen LogP contribution in [0, 0.1) is 9.39 Å². The zero-order chi connectivity index (χ0) is 12.3. The average molecular weight is 385 g/mol. The van der Waals surface area contributed by atoms with E-state index < -0.39 is 5.82 Å². The number of rotatable bonds is 2. The van der Waals surface area contributed by atoms with Crippen molar-refractivity contribution in [2.45, 2.75) is 18.9 Å². The van der Waals surface area contributed by atoms with Crippen molar-refractivity contribution in [1.29, 1.82) is 0 Å². The second kappa shape index (κ2) is 7.25. The van der Waals surface area contributed by atoms with Gasteiger partial charge in [0.1, 0.15) is 5.82 Å². The van der Waals surface area contributed by atoms with Gasteiger partial charge in [-0.15, -0.1) is 12.4 Å². The molecule has 0 saturated carbocycles. The number of hydrogen-bond donors (Lipinski definition) is 2. The fourth-order valence-corrected chi connectivity index (χ4v) is 2.66. The standard InChI is InChI=1S/C12H14FIN2O.ClH/c13-9-4-1-5-10(14)11(9)12(17)16-8-3-2-6-15-7-8;/h1,4-5,8,15H,2-3,6-7H2,(H,16,17);1H. The number of carbonyl (C=O) groups is 1. The molecule has 2 N–H and O–H groups in total. The molecule has 1 aliphatic heterocycles. The quantitative estimate of drug-likeness (QED) is 0.769. The predicted octanol–water partition coefficient (Wildman–Crippen LogP) is 2.33. The van der Waals surface area contributed by atoms with Gasteiger partial charge in [-0.3, -0.25) is 4.79 Å². The van der Waals surface area contributed by atoms with E-state index in [-0.39, 0.29) is 29.9 Å². The third-order valence-electron chi connectivity index (χ3n) is 2.82. The molecule has 1 saturated heterocycles. The smallest absolute Gasteiger partial charge is 0.255 e. The highest BCUT2D eigenvalue weighted by Crippen LogP contribution is 2.16. The van der Waals surface area contributed by atoms with Crippen LogP contribution in [-0.2, 0) is 0 Å². The number of amides is 1. The molecule has 100 valence electrons. The third-order valence-corrected chi connectivity index (χ3v) is 3.72. The molecule has 0 spiro atoms. The van der Waals surface area contributed by atoms with Gasteiger partial charge in [-0.05, 0) is 54.1 Å². The summed E-state index contributed by atoms with van der Waals surface area (Å²) in [5.41, 5.74) is 0.152. The van der Waals surface area contributed by atoms with Crippen LogP contribution in [0.4, 0.5) is 4.39 Å². The molecule has 1 atom stereocenters. The molecular weight excluding hydrogens is 369 g/mol. The summed E-state index contributed by atoms with van der Waals surface area (Å²) in [5.74, 6) is -0.778. The molecule has 1 amide bonds. The summed E-state index contributed by atoms with van der Waals surface area (Å²) in [5, 5.41) is 6.08. The number of carbonyl (C=O) groups excluding carboxylic acids is 1. The minimum absolute atomic E-state index is 0. The van der Waals surface area contributed by atoms with Gasteiger partial charge in [0.15, 0.2) is 0 Å². The van der Waals surface area contributed by atoms with Crippen molar-refractivity contribution >= 4 is 40.9 Å². The Morgan fingerprint density at radius 2 is 2.28 bits per heavy atom. The molecule has 1 heterocycles. The first-order valence-electron chi connectivity index (χ1n) is 5.64. The zero-order valence-corrected chi connectivity index (χ0v) is 12.7. The molecule has 18 heavy (non-hydrogen) atoms. The zero-order valence-electron chi connectivity index (χ0n) is 9.71. The van der Waals surface area contributed by atoms with Crippen molar-refractivity contribution in [2.75, 3.05) is 13.1 Å². The molecule has 0 bridgehead atoms. The average Bonchev–Trinajstić information content (AvgIpc) is 2.30. The Kier molecular flexibility index (Phi) is 6.31. The Morgan fingerprint density at radius 1 is 1.50 bits per heavy atom. The first kappa shape index (κ1) is 15.7. The van der Waals surface area contributed by atoms with Gasteiger partial charge in [0.25, 0.3) is 5.91 Å². The number of piperidine rings is 1. The van der Waals surface area contributed by atoms with Crippen molar-refractivity contribution in [2.24, 2.45) is 0 Å². The highest BCUT2D eigenvalue weighted by Gasteiger charge is 2.20. The molecular formula is C12H15ClFIN2O. The van der Waals surface area contributed by atoms with Gasteiger partial charge in [0.05, 0.1) is 5.56 Å². The molecule has 1 fully saturated rings. The predicted molar refractivity (Wildman–Crippen MR) is 79.7 cm³/mol.